The number of alkyl halides is 2. The van der Waals surface area contributed by atoms with E-state index in [1.54, 1.807) is 6.92 Å². The van der Waals surface area contributed by atoms with Crippen molar-refractivity contribution in [3.8, 4) is 0 Å². The third-order valence-electron chi connectivity index (χ3n) is 1.44. The summed E-state index contributed by atoms with van der Waals surface area (Å²) in [5, 5.41) is -0.259. The first-order valence-electron chi connectivity index (χ1n) is 3.26. The zero-order chi connectivity index (χ0) is 9.30. The SMILES string of the molecule is Cc1cc(Cl)c(F)c(C(F)F)c1. The van der Waals surface area contributed by atoms with Gasteiger partial charge in [0.1, 0.15) is 0 Å². The summed E-state index contributed by atoms with van der Waals surface area (Å²) in [5.74, 6) is -1.03. The molecule has 4 heteroatoms. The van der Waals surface area contributed by atoms with E-state index in [2.05, 4.69) is 0 Å². The van der Waals surface area contributed by atoms with Gasteiger partial charge in [-0.1, -0.05) is 11.6 Å². The van der Waals surface area contributed by atoms with Crippen molar-refractivity contribution >= 4 is 11.6 Å². The largest absolute Gasteiger partial charge is 0.266 e. The molecule has 0 spiro atoms. The normalized spacial score (nSPS) is 10.8. The van der Waals surface area contributed by atoms with Crippen molar-refractivity contribution in [3.05, 3.63) is 34.1 Å². The minimum absolute atomic E-state index is 0.259. The molecule has 0 saturated carbocycles. The third kappa shape index (κ3) is 1.72. The number of hydrogen-bond donors (Lipinski definition) is 0. The standard InChI is InChI=1S/C8H6ClF3/c1-4-2-5(8(11)12)7(10)6(9)3-4/h2-3,8H,1H3. The molecule has 0 heterocycles. The van der Waals surface area contributed by atoms with Crippen LogP contribution in [0.15, 0.2) is 12.1 Å². The molecule has 1 rings (SSSR count). The molecule has 0 atom stereocenters. The maximum atomic E-state index is 12.8. The van der Waals surface area contributed by atoms with Crippen LogP contribution in [0.2, 0.25) is 5.02 Å². The second-order valence-corrected chi connectivity index (χ2v) is 2.86. The lowest BCUT2D eigenvalue weighted by molar-refractivity contribution is 0.146. The lowest BCUT2D eigenvalue weighted by Crippen LogP contribution is -1.92. The first-order valence-corrected chi connectivity index (χ1v) is 3.64. The van der Waals surface area contributed by atoms with Crippen LogP contribution in [-0.2, 0) is 0 Å². The number of benzene rings is 1. The molecule has 0 fully saturated rings. The third-order valence-corrected chi connectivity index (χ3v) is 1.71. The number of aryl methyl sites for hydroxylation is 1. The Morgan fingerprint density at radius 1 is 1.33 bits per heavy atom. The number of rotatable bonds is 1. The monoisotopic (exact) mass is 194 g/mol. The summed E-state index contributed by atoms with van der Waals surface area (Å²) in [4.78, 5) is 0. The lowest BCUT2D eigenvalue weighted by atomic mass is 10.1. The van der Waals surface area contributed by atoms with E-state index >= 15 is 0 Å². The van der Waals surface area contributed by atoms with Crippen molar-refractivity contribution in [2.24, 2.45) is 0 Å². The highest BCUT2D eigenvalue weighted by Crippen LogP contribution is 2.27. The fourth-order valence-corrected chi connectivity index (χ4v) is 1.19. The number of halogens is 4. The molecular weight excluding hydrogens is 189 g/mol. The van der Waals surface area contributed by atoms with E-state index in [0.717, 1.165) is 6.07 Å². The van der Waals surface area contributed by atoms with E-state index in [-0.39, 0.29) is 5.02 Å². The molecule has 0 aliphatic carbocycles. The molecule has 0 bridgehead atoms. The summed E-state index contributed by atoms with van der Waals surface area (Å²) < 4.78 is 37.0. The average Bonchev–Trinajstić information content (AvgIpc) is 1.96. The fraction of sp³-hybridized carbons (Fsp3) is 0.250. The zero-order valence-corrected chi connectivity index (χ0v) is 7.00. The maximum absolute atomic E-state index is 12.8. The van der Waals surface area contributed by atoms with E-state index in [4.69, 9.17) is 11.6 Å². The molecule has 0 radical (unpaired) electrons. The van der Waals surface area contributed by atoms with Gasteiger partial charge < -0.3 is 0 Å². The minimum atomic E-state index is -2.82. The predicted molar refractivity (Wildman–Crippen MR) is 41.1 cm³/mol. The molecule has 0 amide bonds. The number of hydrogen-bond acceptors (Lipinski definition) is 0. The van der Waals surface area contributed by atoms with Crippen LogP contribution < -0.4 is 0 Å². The summed E-state index contributed by atoms with van der Waals surface area (Å²) in [6.45, 7) is 1.58. The lowest BCUT2D eigenvalue weighted by Gasteiger charge is -2.04. The van der Waals surface area contributed by atoms with E-state index in [0.29, 0.717) is 5.56 Å². The van der Waals surface area contributed by atoms with Crippen LogP contribution in [-0.4, -0.2) is 0 Å². The van der Waals surface area contributed by atoms with Gasteiger partial charge in [0, 0.05) is 0 Å². The Bertz CT molecular complexity index is 297. The molecule has 12 heavy (non-hydrogen) atoms. The Labute approximate surface area is 73.0 Å². The van der Waals surface area contributed by atoms with Gasteiger partial charge in [0.25, 0.3) is 6.43 Å². The van der Waals surface area contributed by atoms with E-state index in [9.17, 15) is 13.2 Å². The molecule has 1 aromatic rings. The second-order valence-electron chi connectivity index (χ2n) is 2.45. The van der Waals surface area contributed by atoms with Gasteiger partial charge in [-0.3, -0.25) is 0 Å². The summed E-state index contributed by atoms with van der Waals surface area (Å²) in [7, 11) is 0. The van der Waals surface area contributed by atoms with E-state index < -0.39 is 17.8 Å². The highest BCUT2D eigenvalue weighted by molar-refractivity contribution is 6.30. The van der Waals surface area contributed by atoms with Gasteiger partial charge in [-0.15, -0.1) is 0 Å². The first-order chi connectivity index (χ1) is 5.52. The molecule has 1 aromatic carbocycles. The van der Waals surface area contributed by atoms with Crippen molar-refractivity contribution in [1.29, 1.82) is 0 Å². The van der Waals surface area contributed by atoms with Crippen LogP contribution in [0.4, 0.5) is 13.2 Å². The van der Waals surface area contributed by atoms with Crippen LogP contribution in [0.25, 0.3) is 0 Å². The van der Waals surface area contributed by atoms with Crippen molar-refractivity contribution in [1.82, 2.24) is 0 Å². The predicted octanol–water partition coefficient (Wildman–Crippen LogP) is 3.73. The van der Waals surface area contributed by atoms with Gasteiger partial charge in [0.2, 0.25) is 0 Å². The van der Waals surface area contributed by atoms with Crippen molar-refractivity contribution in [2.45, 2.75) is 13.3 Å². The summed E-state index contributed by atoms with van der Waals surface area (Å²) in [6, 6.07) is 2.40. The smallest absolute Gasteiger partial charge is 0.205 e. The van der Waals surface area contributed by atoms with Gasteiger partial charge >= 0.3 is 0 Å². The summed E-state index contributed by atoms with van der Waals surface area (Å²) in [6.07, 6.45) is -2.82. The molecule has 0 saturated heterocycles. The molecule has 0 unspecified atom stereocenters. The Hall–Kier alpha value is -0.700. The molecule has 0 aliphatic rings. The van der Waals surface area contributed by atoms with Crippen molar-refractivity contribution in [3.63, 3.8) is 0 Å². The quantitative estimate of drug-likeness (QED) is 0.639. The molecule has 0 aromatic heterocycles. The van der Waals surface area contributed by atoms with Crippen molar-refractivity contribution in [2.75, 3.05) is 0 Å². The van der Waals surface area contributed by atoms with Crippen LogP contribution in [0.5, 0.6) is 0 Å². The topological polar surface area (TPSA) is 0 Å². The van der Waals surface area contributed by atoms with Crippen molar-refractivity contribution < 1.29 is 13.2 Å². The second kappa shape index (κ2) is 3.35. The Morgan fingerprint density at radius 2 is 1.92 bits per heavy atom. The van der Waals surface area contributed by atoms with Crippen LogP contribution >= 0.6 is 11.6 Å². The molecule has 66 valence electrons. The molecular formula is C8H6ClF3. The van der Waals surface area contributed by atoms with Crippen LogP contribution in [0, 0.1) is 12.7 Å². The van der Waals surface area contributed by atoms with Crippen LogP contribution in [0.3, 0.4) is 0 Å². The van der Waals surface area contributed by atoms with E-state index in [1.807, 2.05) is 0 Å². The zero-order valence-electron chi connectivity index (χ0n) is 6.24. The molecule has 0 nitrogen and oxygen atoms in total. The minimum Gasteiger partial charge on any atom is -0.205 e. The van der Waals surface area contributed by atoms with Gasteiger partial charge in [-0.25, -0.2) is 13.2 Å². The van der Waals surface area contributed by atoms with Gasteiger partial charge in [0.15, 0.2) is 5.82 Å². The fourth-order valence-electron chi connectivity index (χ4n) is 0.910. The summed E-state index contributed by atoms with van der Waals surface area (Å²) in [5.41, 5.74) is -0.114. The summed E-state index contributed by atoms with van der Waals surface area (Å²) >= 11 is 5.35. The molecule has 0 N–H and O–H groups in total. The van der Waals surface area contributed by atoms with E-state index in [1.165, 1.54) is 6.07 Å². The highest BCUT2D eigenvalue weighted by Gasteiger charge is 2.15. The van der Waals surface area contributed by atoms with Crippen LogP contribution in [0.1, 0.15) is 17.6 Å². The Balaban J connectivity index is 3.28. The Morgan fingerprint density at radius 3 is 2.42 bits per heavy atom. The average molecular weight is 195 g/mol. The maximum Gasteiger partial charge on any atom is 0.266 e. The first kappa shape index (κ1) is 9.39. The van der Waals surface area contributed by atoms with Gasteiger partial charge in [-0.05, 0) is 24.6 Å². The van der Waals surface area contributed by atoms with Gasteiger partial charge in [-0.2, -0.15) is 0 Å². The Kier molecular flexibility index (Phi) is 2.62. The molecule has 0 aliphatic heterocycles. The van der Waals surface area contributed by atoms with Gasteiger partial charge in [0.05, 0.1) is 10.6 Å². The highest BCUT2D eigenvalue weighted by atomic mass is 35.5.